The Labute approximate surface area is 209 Å². The van der Waals surface area contributed by atoms with Crippen molar-refractivity contribution in [2.45, 2.75) is 51.7 Å². The summed E-state index contributed by atoms with van der Waals surface area (Å²) in [5.41, 5.74) is 1.12. The molecule has 0 spiro atoms. The molecule has 1 aliphatic rings. The van der Waals surface area contributed by atoms with Crippen molar-refractivity contribution in [1.82, 2.24) is 14.5 Å². The molecular formula is C26H31N5O5. The van der Waals surface area contributed by atoms with E-state index in [2.05, 4.69) is 41.4 Å². The third kappa shape index (κ3) is 5.54. The standard InChI is InChI=1S/C26H31N5O5/c1-26(2,3)17-9-7-16(8-10-17)24(33)30-20-12-19-22(27-13-18-6-5-11-36-18)28-15-29-23(19)31(25(20)34)14-21(32)35-4/h7-10,12,15,18H,5-6,11,13-14H2,1-4H3,(H,30,33)(H,27,28,29)/t18-/m1/s1. The number of aromatic nitrogens is 3. The molecule has 1 atom stereocenters. The van der Waals surface area contributed by atoms with Crippen molar-refractivity contribution in [1.29, 1.82) is 0 Å². The average molecular weight is 494 g/mol. The van der Waals surface area contributed by atoms with Crippen LogP contribution in [0.4, 0.5) is 11.5 Å². The lowest BCUT2D eigenvalue weighted by atomic mass is 9.87. The van der Waals surface area contributed by atoms with Gasteiger partial charge in [0.1, 0.15) is 30.0 Å². The number of nitrogens with zero attached hydrogens (tertiary/aromatic N) is 3. The van der Waals surface area contributed by atoms with Gasteiger partial charge in [0.2, 0.25) is 0 Å². The first kappa shape index (κ1) is 25.3. The molecule has 10 heteroatoms. The smallest absolute Gasteiger partial charge is 0.325 e. The summed E-state index contributed by atoms with van der Waals surface area (Å²) in [5, 5.41) is 6.44. The van der Waals surface area contributed by atoms with Gasteiger partial charge in [-0.2, -0.15) is 0 Å². The molecule has 1 aromatic carbocycles. The molecule has 4 rings (SSSR count). The summed E-state index contributed by atoms with van der Waals surface area (Å²) in [6, 6.07) is 8.77. The van der Waals surface area contributed by atoms with Crippen LogP contribution in [-0.2, 0) is 26.2 Å². The van der Waals surface area contributed by atoms with Gasteiger partial charge in [-0.25, -0.2) is 9.97 Å². The highest BCUT2D eigenvalue weighted by molar-refractivity contribution is 6.05. The average Bonchev–Trinajstić information content (AvgIpc) is 3.38. The van der Waals surface area contributed by atoms with Crippen LogP contribution < -0.4 is 16.2 Å². The predicted molar refractivity (Wildman–Crippen MR) is 136 cm³/mol. The predicted octanol–water partition coefficient (Wildman–Crippen LogP) is 3.11. The molecule has 190 valence electrons. The van der Waals surface area contributed by atoms with Gasteiger partial charge in [-0.1, -0.05) is 32.9 Å². The van der Waals surface area contributed by atoms with E-state index in [9.17, 15) is 14.4 Å². The lowest BCUT2D eigenvalue weighted by Crippen LogP contribution is -2.30. The largest absolute Gasteiger partial charge is 0.468 e. The number of hydrogen-bond donors (Lipinski definition) is 2. The molecule has 3 aromatic rings. The van der Waals surface area contributed by atoms with E-state index in [1.165, 1.54) is 24.1 Å². The van der Waals surface area contributed by atoms with Crippen LogP contribution in [0.15, 0.2) is 41.5 Å². The first-order valence-corrected chi connectivity index (χ1v) is 11.9. The fourth-order valence-corrected chi connectivity index (χ4v) is 4.08. The number of anilines is 2. The van der Waals surface area contributed by atoms with Crippen molar-refractivity contribution < 1.29 is 19.1 Å². The Morgan fingerprint density at radius 2 is 1.94 bits per heavy atom. The Balaban J connectivity index is 1.70. The van der Waals surface area contributed by atoms with Gasteiger partial charge in [-0.05, 0) is 42.0 Å². The van der Waals surface area contributed by atoms with Crippen LogP contribution >= 0.6 is 0 Å². The van der Waals surface area contributed by atoms with E-state index in [0.717, 1.165) is 25.0 Å². The summed E-state index contributed by atoms with van der Waals surface area (Å²) in [6.45, 7) is 7.17. The minimum atomic E-state index is -0.618. The van der Waals surface area contributed by atoms with Crippen molar-refractivity contribution >= 4 is 34.4 Å². The molecule has 1 fully saturated rings. The van der Waals surface area contributed by atoms with Gasteiger partial charge >= 0.3 is 5.97 Å². The van der Waals surface area contributed by atoms with E-state index in [-0.39, 0.29) is 29.4 Å². The van der Waals surface area contributed by atoms with Crippen molar-refractivity contribution in [3.63, 3.8) is 0 Å². The Kier molecular flexibility index (Phi) is 7.35. The molecule has 1 aliphatic heterocycles. The molecule has 1 saturated heterocycles. The van der Waals surface area contributed by atoms with Crippen molar-refractivity contribution in [3.05, 3.63) is 58.1 Å². The van der Waals surface area contributed by atoms with Gasteiger partial charge < -0.3 is 20.1 Å². The number of carbonyl (C=O) groups is 2. The fourth-order valence-electron chi connectivity index (χ4n) is 4.08. The summed E-state index contributed by atoms with van der Waals surface area (Å²) in [7, 11) is 1.24. The van der Waals surface area contributed by atoms with E-state index >= 15 is 0 Å². The van der Waals surface area contributed by atoms with Crippen LogP contribution in [-0.4, -0.2) is 52.8 Å². The molecule has 0 saturated carbocycles. The van der Waals surface area contributed by atoms with Gasteiger partial charge in [0.15, 0.2) is 0 Å². The molecule has 0 radical (unpaired) electrons. The van der Waals surface area contributed by atoms with Crippen LogP contribution in [0.5, 0.6) is 0 Å². The number of nitrogens with one attached hydrogen (secondary N) is 2. The Morgan fingerprint density at radius 1 is 1.19 bits per heavy atom. The number of methoxy groups -OCH3 is 1. The molecule has 0 unspecified atom stereocenters. The van der Waals surface area contributed by atoms with Gasteiger partial charge in [0.05, 0.1) is 18.6 Å². The molecule has 10 nitrogen and oxygen atoms in total. The van der Waals surface area contributed by atoms with E-state index in [1.807, 2.05) is 12.1 Å². The lowest BCUT2D eigenvalue weighted by Gasteiger charge is -2.19. The number of fused-ring (bicyclic) bond motifs is 1. The minimum Gasteiger partial charge on any atom is -0.468 e. The summed E-state index contributed by atoms with van der Waals surface area (Å²) in [6.07, 6.45) is 3.33. The van der Waals surface area contributed by atoms with Crippen LogP contribution in [0, 0.1) is 0 Å². The van der Waals surface area contributed by atoms with E-state index in [4.69, 9.17) is 9.47 Å². The second-order valence-corrected chi connectivity index (χ2v) is 9.78. The number of hydrogen-bond acceptors (Lipinski definition) is 8. The first-order valence-electron chi connectivity index (χ1n) is 11.9. The molecule has 0 aliphatic carbocycles. The third-order valence-corrected chi connectivity index (χ3v) is 6.18. The summed E-state index contributed by atoms with van der Waals surface area (Å²) >= 11 is 0. The van der Waals surface area contributed by atoms with Crippen LogP contribution in [0.3, 0.4) is 0 Å². The van der Waals surface area contributed by atoms with E-state index in [0.29, 0.717) is 23.3 Å². The van der Waals surface area contributed by atoms with Gasteiger partial charge in [-0.15, -0.1) is 0 Å². The zero-order valence-electron chi connectivity index (χ0n) is 21.0. The number of pyridine rings is 1. The molecule has 2 aromatic heterocycles. The zero-order valence-corrected chi connectivity index (χ0v) is 21.0. The number of benzene rings is 1. The highest BCUT2D eigenvalue weighted by atomic mass is 16.5. The molecule has 2 N–H and O–H groups in total. The quantitative estimate of drug-likeness (QED) is 0.481. The molecule has 36 heavy (non-hydrogen) atoms. The fraction of sp³-hybridized carbons (Fsp3) is 0.423. The number of rotatable bonds is 7. The van der Waals surface area contributed by atoms with Crippen LogP contribution in [0.1, 0.15) is 49.5 Å². The van der Waals surface area contributed by atoms with Crippen molar-refractivity contribution in [2.75, 3.05) is 30.9 Å². The maximum Gasteiger partial charge on any atom is 0.325 e. The molecule has 0 bridgehead atoms. The number of esters is 1. The Hall–Kier alpha value is -3.79. The summed E-state index contributed by atoms with van der Waals surface area (Å²) in [5.74, 6) is -0.589. The second-order valence-electron chi connectivity index (χ2n) is 9.78. The molecular weight excluding hydrogens is 462 g/mol. The van der Waals surface area contributed by atoms with Crippen LogP contribution in [0.25, 0.3) is 11.0 Å². The lowest BCUT2D eigenvalue weighted by molar-refractivity contribution is -0.141. The first-order chi connectivity index (χ1) is 17.2. The molecule has 1 amide bonds. The van der Waals surface area contributed by atoms with Gasteiger partial charge in [-0.3, -0.25) is 19.0 Å². The number of carbonyl (C=O) groups excluding carboxylic acids is 2. The van der Waals surface area contributed by atoms with Gasteiger partial charge in [0, 0.05) is 18.7 Å². The minimum absolute atomic E-state index is 0.00580. The van der Waals surface area contributed by atoms with Crippen molar-refractivity contribution in [2.24, 2.45) is 0 Å². The maximum atomic E-state index is 13.3. The van der Waals surface area contributed by atoms with Crippen molar-refractivity contribution in [3.8, 4) is 0 Å². The van der Waals surface area contributed by atoms with E-state index in [1.54, 1.807) is 12.1 Å². The summed E-state index contributed by atoms with van der Waals surface area (Å²) < 4.78 is 11.6. The van der Waals surface area contributed by atoms with E-state index < -0.39 is 17.4 Å². The number of amides is 1. The van der Waals surface area contributed by atoms with Gasteiger partial charge in [0.25, 0.3) is 11.5 Å². The second kappa shape index (κ2) is 10.4. The van der Waals surface area contributed by atoms with Crippen LogP contribution in [0.2, 0.25) is 0 Å². The highest BCUT2D eigenvalue weighted by Crippen LogP contribution is 2.24. The third-order valence-electron chi connectivity index (χ3n) is 6.18. The SMILES string of the molecule is COC(=O)Cn1c(=O)c(NC(=O)c2ccc(C(C)(C)C)cc2)cc2c(NC[C@H]3CCCO3)ncnc21. The number of ether oxygens (including phenoxy) is 2. The normalized spacial score (nSPS) is 15.6. The Bertz CT molecular complexity index is 1320. The Morgan fingerprint density at radius 3 is 2.58 bits per heavy atom. The highest BCUT2D eigenvalue weighted by Gasteiger charge is 2.21. The maximum absolute atomic E-state index is 13.3. The summed E-state index contributed by atoms with van der Waals surface area (Å²) in [4.78, 5) is 47.0. The topological polar surface area (TPSA) is 124 Å². The zero-order chi connectivity index (χ0) is 25.9. The monoisotopic (exact) mass is 493 g/mol. The molecule has 3 heterocycles.